The zero-order valence-electron chi connectivity index (χ0n) is 11.9. The molecule has 1 saturated heterocycles. The minimum absolute atomic E-state index is 0.0240. The van der Waals surface area contributed by atoms with Gasteiger partial charge in [-0.05, 0) is 18.9 Å². The molecule has 22 heavy (non-hydrogen) atoms. The zero-order chi connectivity index (χ0) is 15.3. The van der Waals surface area contributed by atoms with Gasteiger partial charge in [-0.25, -0.2) is 0 Å². The summed E-state index contributed by atoms with van der Waals surface area (Å²) >= 11 is 0. The summed E-state index contributed by atoms with van der Waals surface area (Å²) in [5, 5.41) is 20.9. The van der Waals surface area contributed by atoms with Crippen LogP contribution in [-0.4, -0.2) is 35.0 Å². The molecule has 2 atom stereocenters. The summed E-state index contributed by atoms with van der Waals surface area (Å²) in [4.78, 5) is 11.5. The van der Waals surface area contributed by atoms with Gasteiger partial charge in [-0.1, -0.05) is 0 Å². The third-order valence-electron chi connectivity index (χ3n) is 4.52. The molecule has 1 aromatic rings. The number of phenolic OH excluding ortho intramolecular Hbond substituents is 1. The Kier molecular flexibility index (Phi) is 2.84. The lowest BCUT2D eigenvalue weighted by Crippen LogP contribution is -2.42. The average Bonchev–Trinajstić information content (AvgIpc) is 2.93. The van der Waals surface area contributed by atoms with Gasteiger partial charge >= 0.3 is 0 Å². The molecule has 0 spiro atoms. The van der Waals surface area contributed by atoms with E-state index in [0.717, 1.165) is 0 Å². The van der Waals surface area contributed by atoms with E-state index in [1.54, 1.807) is 6.07 Å². The molecule has 1 unspecified atom stereocenters. The Morgan fingerprint density at radius 1 is 1.18 bits per heavy atom. The van der Waals surface area contributed by atoms with Crippen LogP contribution in [-0.2, 0) is 9.53 Å². The van der Waals surface area contributed by atoms with E-state index in [9.17, 15) is 15.0 Å². The Hall–Kier alpha value is -2.21. The second-order valence-electron chi connectivity index (χ2n) is 5.98. The van der Waals surface area contributed by atoms with E-state index in [4.69, 9.17) is 14.2 Å². The lowest BCUT2D eigenvalue weighted by atomic mass is 9.77. The summed E-state index contributed by atoms with van der Waals surface area (Å²) in [6, 6.07) is 3.26. The molecule has 2 heterocycles. The molecule has 2 N–H and O–H groups in total. The molecule has 116 valence electrons. The second-order valence-corrected chi connectivity index (χ2v) is 5.98. The monoisotopic (exact) mass is 304 g/mol. The number of fused-ring (bicyclic) bond motifs is 2. The van der Waals surface area contributed by atoms with E-state index in [1.807, 2.05) is 0 Å². The van der Waals surface area contributed by atoms with Gasteiger partial charge in [-0.3, -0.25) is 4.79 Å². The van der Waals surface area contributed by atoms with Gasteiger partial charge in [0.1, 0.15) is 17.1 Å². The summed E-state index contributed by atoms with van der Waals surface area (Å²) in [5.41, 5.74) is -0.478. The predicted molar refractivity (Wildman–Crippen MR) is 74.8 cm³/mol. The third-order valence-corrected chi connectivity index (χ3v) is 4.52. The molecule has 0 saturated carbocycles. The van der Waals surface area contributed by atoms with Crippen LogP contribution in [0.1, 0.15) is 30.7 Å². The highest BCUT2D eigenvalue weighted by molar-refractivity contribution is 5.91. The number of phenols is 1. The average molecular weight is 304 g/mol. The summed E-state index contributed by atoms with van der Waals surface area (Å²) in [7, 11) is 0. The fourth-order valence-electron chi connectivity index (χ4n) is 3.32. The van der Waals surface area contributed by atoms with E-state index >= 15 is 0 Å². The number of benzene rings is 1. The Balaban J connectivity index is 1.65. The van der Waals surface area contributed by atoms with E-state index in [0.29, 0.717) is 48.7 Å². The lowest BCUT2D eigenvalue weighted by molar-refractivity contribution is -0.120. The minimum atomic E-state index is -1.14. The molecule has 0 amide bonds. The van der Waals surface area contributed by atoms with E-state index in [-0.39, 0.29) is 24.2 Å². The van der Waals surface area contributed by atoms with Gasteiger partial charge < -0.3 is 24.4 Å². The number of aliphatic hydroxyl groups is 1. The van der Waals surface area contributed by atoms with E-state index in [2.05, 4.69) is 0 Å². The molecule has 2 aliphatic heterocycles. The maximum absolute atomic E-state index is 11.5. The van der Waals surface area contributed by atoms with Gasteiger partial charge in [0.25, 0.3) is 0 Å². The molecule has 0 radical (unpaired) electrons. The number of aromatic hydroxyl groups is 1. The lowest BCUT2D eigenvalue weighted by Gasteiger charge is -2.40. The van der Waals surface area contributed by atoms with Crippen molar-refractivity contribution in [2.75, 3.05) is 13.4 Å². The van der Waals surface area contributed by atoms with Crippen molar-refractivity contribution in [2.24, 2.45) is 0 Å². The molecule has 1 fully saturated rings. The van der Waals surface area contributed by atoms with E-state index in [1.165, 1.54) is 12.1 Å². The number of hydrogen-bond acceptors (Lipinski definition) is 6. The Morgan fingerprint density at radius 3 is 2.77 bits per heavy atom. The number of carbonyl (C=O) groups is 1. The normalized spacial score (nSPS) is 29.6. The number of ketones is 1. The van der Waals surface area contributed by atoms with Crippen LogP contribution in [0.4, 0.5) is 0 Å². The van der Waals surface area contributed by atoms with Crippen molar-refractivity contribution in [1.82, 2.24) is 0 Å². The highest BCUT2D eigenvalue weighted by Crippen LogP contribution is 2.47. The van der Waals surface area contributed by atoms with Gasteiger partial charge in [0.15, 0.2) is 17.3 Å². The van der Waals surface area contributed by atoms with Gasteiger partial charge in [0.05, 0.1) is 6.61 Å². The largest absolute Gasteiger partial charge is 0.508 e. The van der Waals surface area contributed by atoms with Crippen LogP contribution in [0.2, 0.25) is 0 Å². The summed E-state index contributed by atoms with van der Waals surface area (Å²) in [5.74, 6) is 1.34. The Morgan fingerprint density at radius 2 is 1.95 bits per heavy atom. The molecular formula is C16H16O6. The van der Waals surface area contributed by atoms with Gasteiger partial charge in [-0.15, -0.1) is 0 Å². The zero-order valence-corrected chi connectivity index (χ0v) is 11.9. The predicted octanol–water partition coefficient (Wildman–Crippen LogP) is 1.60. The fraction of sp³-hybridized carbons (Fsp3) is 0.438. The van der Waals surface area contributed by atoms with Crippen molar-refractivity contribution in [3.8, 4) is 17.2 Å². The minimum Gasteiger partial charge on any atom is -0.508 e. The van der Waals surface area contributed by atoms with Crippen molar-refractivity contribution >= 4 is 5.78 Å². The van der Waals surface area contributed by atoms with Crippen molar-refractivity contribution < 1.29 is 29.2 Å². The van der Waals surface area contributed by atoms with Crippen LogP contribution in [0, 0.1) is 0 Å². The molecule has 4 rings (SSSR count). The maximum atomic E-state index is 11.5. The molecule has 0 bridgehead atoms. The van der Waals surface area contributed by atoms with Crippen molar-refractivity contribution in [2.45, 2.75) is 30.8 Å². The fourth-order valence-corrected chi connectivity index (χ4v) is 3.32. The molecule has 0 aromatic heterocycles. The first-order valence-corrected chi connectivity index (χ1v) is 7.28. The first-order valence-electron chi connectivity index (χ1n) is 7.28. The topological polar surface area (TPSA) is 85.2 Å². The first kappa shape index (κ1) is 13.5. The van der Waals surface area contributed by atoms with Crippen LogP contribution < -0.4 is 9.47 Å². The van der Waals surface area contributed by atoms with Crippen LogP contribution in [0.5, 0.6) is 17.2 Å². The van der Waals surface area contributed by atoms with Crippen LogP contribution >= 0.6 is 0 Å². The first-order chi connectivity index (χ1) is 10.5. The molecule has 1 aliphatic carbocycles. The smallest absolute Gasteiger partial charge is 0.231 e. The van der Waals surface area contributed by atoms with Gasteiger partial charge in [-0.2, -0.15) is 0 Å². The number of hydrogen-bond donors (Lipinski definition) is 2. The SMILES string of the molecule is O=C1C=C2OC[C@@H](c3cc4c(cc3O)OCO4)CC2(O)CC1. The number of carbonyl (C=O) groups excluding carboxylic acids is 1. The molecular weight excluding hydrogens is 288 g/mol. The third kappa shape index (κ3) is 2.02. The summed E-state index contributed by atoms with van der Waals surface area (Å²) in [6.45, 7) is 0.437. The molecule has 1 aromatic carbocycles. The van der Waals surface area contributed by atoms with Crippen molar-refractivity contribution in [3.63, 3.8) is 0 Å². The quantitative estimate of drug-likeness (QED) is 0.820. The molecule has 6 heteroatoms. The number of allylic oxidation sites excluding steroid dienone is 1. The molecule has 3 aliphatic rings. The molecule has 6 nitrogen and oxygen atoms in total. The Bertz CT molecular complexity index is 679. The van der Waals surface area contributed by atoms with Gasteiger partial charge in [0.2, 0.25) is 6.79 Å². The standard InChI is InChI=1S/C16H16O6/c17-10-1-2-16(19)6-9(7-20-15(16)3-10)11-4-13-14(5-12(11)18)22-8-21-13/h3-5,9,18-19H,1-2,6-8H2/t9-,16?/m0/s1. The highest BCUT2D eigenvalue weighted by Gasteiger charge is 2.44. The van der Waals surface area contributed by atoms with Crippen LogP contribution in [0.25, 0.3) is 0 Å². The van der Waals surface area contributed by atoms with Gasteiger partial charge in [0, 0.05) is 30.0 Å². The van der Waals surface area contributed by atoms with Crippen molar-refractivity contribution in [3.05, 3.63) is 29.5 Å². The Labute approximate surface area is 126 Å². The highest BCUT2D eigenvalue weighted by atomic mass is 16.7. The van der Waals surface area contributed by atoms with Crippen LogP contribution in [0.3, 0.4) is 0 Å². The maximum Gasteiger partial charge on any atom is 0.231 e. The number of ether oxygens (including phenoxy) is 3. The van der Waals surface area contributed by atoms with Crippen LogP contribution in [0.15, 0.2) is 24.0 Å². The number of rotatable bonds is 1. The van der Waals surface area contributed by atoms with E-state index < -0.39 is 5.60 Å². The van der Waals surface area contributed by atoms with Crippen molar-refractivity contribution in [1.29, 1.82) is 0 Å². The summed E-state index contributed by atoms with van der Waals surface area (Å²) in [6.07, 6.45) is 2.45. The summed E-state index contributed by atoms with van der Waals surface area (Å²) < 4.78 is 16.2. The second kappa shape index (κ2) is 4.64.